The molecule has 32 heavy (non-hydrogen) atoms. The van der Waals surface area contributed by atoms with Gasteiger partial charge >= 0.3 is 0 Å². The first kappa shape index (κ1) is 22.1. The van der Waals surface area contributed by atoms with Crippen molar-refractivity contribution >= 4 is 34.6 Å². The first-order valence-electron chi connectivity index (χ1n) is 11.1. The number of hydrogen-bond donors (Lipinski definition) is 2. The van der Waals surface area contributed by atoms with Gasteiger partial charge in [0.25, 0.3) is 0 Å². The monoisotopic (exact) mass is 445 g/mol. The quantitative estimate of drug-likeness (QED) is 0.342. The zero-order valence-corrected chi connectivity index (χ0v) is 18.8. The minimum Gasteiger partial charge on any atom is -0.341 e. The lowest BCUT2D eigenvalue weighted by Gasteiger charge is -2.27. The fourth-order valence-corrected chi connectivity index (χ4v) is 4.21. The van der Waals surface area contributed by atoms with Crippen molar-refractivity contribution in [2.45, 2.75) is 19.3 Å². The van der Waals surface area contributed by atoms with E-state index in [1.54, 1.807) is 6.08 Å². The summed E-state index contributed by atoms with van der Waals surface area (Å²) in [5.74, 6) is -0.118. The van der Waals surface area contributed by atoms with Crippen molar-refractivity contribution in [2.75, 3.05) is 29.9 Å². The molecular formula is C27H28ClN3O. The Morgan fingerprint density at radius 1 is 0.938 bits per heavy atom. The number of carbonyl (C=O) groups is 1. The Labute approximate surface area is 194 Å². The third-order valence-corrected chi connectivity index (χ3v) is 5.83. The maximum atomic E-state index is 12.0. The molecule has 4 nitrogen and oxygen atoms in total. The number of nitrogens with zero attached hydrogens (tertiary/aromatic N) is 1. The molecule has 0 fully saturated rings. The van der Waals surface area contributed by atoms with Gasteiger partial charge in [-0.05, 0) is 67.3 Å². The molecule has 0 saturated heterocycles. The van der Waals surface area contributed by atoms with Crippen LogP contribution in [0.3, 0.4) is 0 Å². The Hall–Kier alpha value is -3.08. The van der Waals surface area contributed by atoms with Crippen LogP contribution in [-0.4, -0.2) is 25.5 Å². The standard InChI is InChI=1S/C27H28ClN3O/c28-23-16-15-22-14-13-21-8-4-5-11-25(21)31(26(22)20-23)19-7-18-29-17-6-12-27(32)30-24-9-2-1-3-10-24/h1-6,8-12,15-16,20,29H,7,13-14,17-19H2,(H,30,32)/b12-6+. The molecule has 0 unspecified atom stereocenters. The number of hydrogen-bond acceptors (Lipinski definition) is 3. The van der Waals surface area contributed by atoms with Crippen molar-refractivity contribution in [1.82, 2.24) is 5.32 Å². The maximum Gasteiger partial charge on any atom is 0.248 e. The fraction of sp³-hybridized carbons (Fsp3) is 0.222. The molecule has 1 aliphatic heterocycles. The van der Waals surface area contributed by atoms with E-state index in [1.807, 2.05) is 42.5 Å². The number of anilines is 3. The lowest BCUT2D eigenvalue weighted by molar-refractivity contribution is -0.111. The highest BCUT2D eigenvalue weighted by Crippen LogP contribution is 2.37. The average molecular weight is 446 g/mol. The normalized spacial score (nSPS) is 12.8. The third kappa shape index (κ3) is 5.78. The Kier molecular flexibility index (Phi) is 7.59. The highest BCUT2D eigenvalue weighted by Gasteiger charge is 2.20. The predicted molar refractivity (Wildman–Crippen MR) is 134 cm³/mol. The highest BCUT2D eigenvalue weighted by atomic mass is 35.5. The number of halogens is 1. The van der Waals surface area contributed by atoms with Crippen molar-refractivity contribution in [3.8, 4) is 0 Å². The van der Waals surface area contributed by atoms with Crippen LogP contribution in [0.2, 0.25) is 5.02 Å². The van der Waals surface area contributed by atoms with E-state index in [0.29, 0.717) is 6.54 Å². The zero-order chi connectivity index (χ0) is 22.2. The van der Waals surface area contributed by atoms with E-state index in [9.17, 15) is 4.79 Å². The minimum atomic E-state index is -0.118. The molecule has 0 aliphatic carbocycles. The van der Waals surface area contributed by atoms with Crippen molar-refractivity contribution in [3.05, 3.63) is 101 Å². The van der Waals surface area contributed by atoms with E-state index in [4.69, 9.17) is 11.6 Å². The van der Waals surface area contributed by atoms with Crippen molar-refractivity contribution in [3.63, 3.8) is 0 Å². The van der Waals surface area contributed by atoms with Crippen LogP contribution in [0.15, 0.2) is 84.9 Å². The van der Waals surface area contributed by atoms with Gasteiger partial charge in [-0.25, -0.2) is 0 Å². The van der Waals surface area contributed by atoms with E-state index in [-0.39, 0.29) is 5.91 Å². The van der Waals surface area contributed by atoms with E-state index >= 15 is 0 Å². The van der Waals surface area contributed by atoms with Crippen LogP contribution in [0.5, 0.6) is 0 Å². The van der Waals surface area contributed by atoms with Gasteiger partial charge < -0.3 is 15.5 Å². The summed E-state index contributed by atoms with van der Waals surface area (Å²) in [5.41, 5.74) is 5.99. The van der Waals surface area contributed by atoms with Crippen LogP contribution in [0.1, 0.15) is 17.5 Å². The second-order valence-electron chi connectivity index (χ2n) is 7.87. The molecule has 1 aliphatic rings. The number of fused-ring (bicyclic) bond motifs is 2. The molecule has 0 saturated carbocycles. The van der Waals surface area contributed by atoms with Gasteiger partial charge in [-0.1, -0.05) is 60.1 Å². The van der Waals surface area contributed by atoms with Crippen LogP contribution in [0.4, 0.5) is 17.1 Å². The first-order valence-corrected chi connectivity index (χ1v) is 11.5. The van der Waals surface area contributed by atoms with Crippen LogP contribution >= 0.6 is 11.6 Å². The number of amides is 1. The molecule has 1 heterocycles. The summed E-state index contributed by atoms with van der Waals surface area (Å²) in [4.78, 5) is 14.4. The molecule has 0 atom stereocenters. The molecule has 5 heteroatoms. The number of benzene rings is 3. The second kappa shape index (κ2) is 11.0. The van der Waals surface area contributed by atoms with Gasteiger partial charge in [0.15, 0.2) is 0 Å². The first-order chi connectivity index (χ1) is 15.7. The Morgan fingerprint density at radius 2 is 1.69 bits per heavy atom. The molecule has 0 aromatic heterocycles. The molecule has 0 radical (unpaired) electrons. The maximum absolute atomic E-state index is 12.0. The lowest BCUT2D eigenvalue weighted by atomic mass is 10.0. The molecule has 3 aromatic rings. The van der Waals surface area contributed by atoms with E-state index in [2.05, 4.69) is 51.9 Å². The van der Waals surface area contributed by atoms with Crippen molar-refractivity contribution < 1.29 is 4.79 Å². The Morgan fingerprint density at radius 3 is 2.53 bits per heavy atom. The number of para-hydroxylation sites is 2. The van der Waals surface area contributed by atoms with E-state index in [1.165, 1.54) is 22.5 Å². The summed E-state index contributed by atoms with van der Waals surface area (Å²) < 4.78 is 0. The Balaban J connectivity index is 1.29. The second-order valence-corrected chi connectivity index (χ2v) is 8.31. The van der Waals surface area contributed by atoms with Gasteiger partial charge in [-0.2, -0.15) is 0 Å². The molecule has 0 bridgehead atoms. The van der Waals surface area contributed by atoms with Gasteiger partial charge in [0.1, 0.15) is 0 Å². The number of rotatable bonds is 8. The molecular weight excluding hydrogens is 418 g/mol. The topological polar surface area (TPSA) is 44.4 Å². The van der Waals surface area contributed by atoms with Crippen LogP contribution in [0, 0.1) is 0 Å². The van der Waals surface area contributed by atoms with Crippen LogP contribution in [0.25, 0.3) is 0 Å². The van der Waals surface area contributed by atoms with Crippen molar-refractivity contribution in [2.24, 2.45) is 0 Å². The summed E-state index contributed by atoms with van der Waals surface area (Å²) in [6.07, 6.45) is 6.46. The van der Waals surface area contributed by atoms with Gasteiger partial charge in [0, 0.05) is 41.3 Å². The number of nitrogens with one attached hydrogen (secondary N) is 2. The van der Waals surface area contributed by atoms with Gasteiger partial charge in [-0.15, -0.1) is 0 Å². The van der Waals surface area contributed by atoms with Gasteiger partial charge in [0.05, 0.1) is 0 Å². The highest BCUT2D eigenvalue weighted by molar-refractivity contribution is 6.30. The smallest absolute Gasteiger partial charge is 0.248 e. The van der Waals surface area contributed by atoms with Crippen LogP contribution < -0.4 is 15.5 Å². The predicted octanol–water partition coefficient (Wildman–Crippen LogP) is 5.75. The number of carbonyl (C=O) groups excluding carboxylic acids is 1. The Bertz CT molecular complexity index is 1080. The number of aryl methyl sites for hydroxylation is 2. The van der Waals surface area contributed by atoms with E-state index < -0.39 is 0 Å². The SMILES string of the molecule is O=C(/C=C/CNCCCN1c2ccccc2CCc2ccc(Cl)cc21)Nc1ccccc1. The third-order valence-electron chi connectivity index (χ3n) is 5.59. The summed E-state index contributed by atoms with van der Waals surface area (Å²) in [7, 11) is 0. The average Bonchev–Trinajstić information content (AvgIpc) is 2.96. The van der Waals surface area contributed by atoms with E-state index in [0.717, 1.165) is 43.1 Å². The minimum absolute atomic E-state index is 0.118. The van der Waals surface area contributed by atoms with Gasteiger partial charge in [-0.3, -0.25) is 4.79 Å². The summed E-state index contributed by atoms with van der Waals surface area (Å²) in [5, 5.41) is 7.01. The fourth-order valence-electron chi connectivity index (χ4n) is 4.04. The van der Waals surface area contributed by atoms with Gasteiger partial charge in [0.2, 0.25) is 5.91 Å². The molecule has 4 rings (SSSR count). The summed E-state index contributed by atoms with van der Waals surface area (Å²) in [6.45, 7) is 2.41. The van der Waals surface area contributed by atoms with Crippen LogP contribution in [-0.2, 0) is 17.6 Å². The largest absolute Gasteiger partial charge is 0.341 e. The lowest BCUT2D eigenvalue weighted by Crippen LogP contribution is -2.24. The summed E-state index contributed by atoms with van der Waals surface area (Å²) >= 11 is 6.34. The van der Waals surface area contributed by atoms with Crippen molar-refractivity contribution in [1.29, 1.82) is 0 Å². The zero-order valence-electron chi connectivity index (χ0n) is 18.1. The summed E-state index contributed by atoms with van der Waals surface area (Å²) in [6, 6.07) is 24.3. The molecule has 0 spiro atoms. The molecule has 164 valence electrons. The molecule has 2 N–H and O–H groups in total. The molecule has 1 amide bonds. The molecule has 3 aromatic carbocycles.